The van der Waals surface area contributed by atoms with Crippen molar-refractivity contribution in [2.24, 2.45) is 5.73 Å². The number of amides is 1. The van der Waals surface area contributed by atoms with Crippen LogP contribution in [-0.4, -0.2) is 145 Å². The Labute approximate surface area is 186 Å². The van der Waals surface area contributed by atoms with Gasteiger partial charge in [0.15, 0.2) is 6.29 Å². The number of aliphatic hydroxyl groups excluding tert-OH is 8. The van der Waals surface area contributed by atoms with Gasteiger partial charge >= 0.3 is 5.97 Å². The maximum Gasteiger partial charge on any atom is 0.364 e. The lowest BCUT2D eigenvalue weighted by Gasteiger charge is -2.45. The minimum absolute atomic E-state index is 0.722. The summed E-state index contributed by atoms with van der Waals surface area (Å²) >= 11 is 0. The second-order valence-corrected chi connectivity index (χ2v) is 7.84. The van der Waals surface area contributed by atoms with Crippen LogP contribution in [0.2, 0.25) is 0 Å². The largest absolute Gasteiger partial charge is 0.477 e. The van der Waals surface area contributed by atoms with Crippen LogP contribution in [0.15, 0.2) is 0 Å². The highest BCUT2D eigenvalue weighted by atomic mass is 16.7. The Balaban J connectivity index is 2.10. The Hall–Kier alpha value is -1.54. The first-order valence-corrected chi connectivity index (χ1v) is 9.94. The summed E-state index contributed by atoms with van der Waals surface area (Å²) in [7, 11) is 0. The minimum atomic E-state index is -2.70. The molecule has 0 radical (unpaired) electrons. The highest BCUT2D eigenvalue weighted by Crippen LogP contribution is 2.32. The Morgan fingerprint density at radius 3 is 2.33 bits per heavy atom. The number of carboxylic acids is 1. The smallest absolute Gasteiger partial charge is 0.364 e. The molecule has 2 aliphatic heterocycles. The van der Waals surface area contributed by atoms with Gasteiger partial charge in [-0.1, -0.05) is 0 Å². The molecular weight excluding hydrogens is 456 g/mol. The highest BCUT2D eigenvalue weighted by Gasteiger charge is 2.55. The summed E-state index contributed by atoms with van der Waals surface area (Å²) in [5, 5.41) is 89.5. The molecule has 2 aliphatic rings. The summed E-state index contributed by atoms with van der Waals surface area (Å²) in [6.07, 6.45) is -14.4. The molecule has 1 amide bonds. The standard InChI is InChI=1S/C17H30N2O14/c18-9-5(22)1-17(16(29)30,33-14(9)11(25)6(23)2-20)31-4-8(24)19-10-13(27)12(26)7(3-21)32-15(10)28/h5-7,9-15,20-23,25-28H,1-4,18H2,(H,19,24)(H,29,30)/t5-,6+,7+,9+,10-,11+,12+,13+,14+,15?,17+/m0/s1. The van der Waals surface area contributed by atoms with Gasteiger partial charge in [-0.3, -0.25) is 4.79 Å². The summed E-state index contributed by atoms with van der Waals surface area (Å²) in [6.45, 7) is -2.71. The summed E-state index contributed by atoms with van der Waals surface area (Å²) in [6, 6.07) is -2.95. The molecule has 0 spiro atoms. The fraction of sp³-hybridized carbons (Fsp3) is 0.882. The van der Waals surface area contributed by atoms with E-state index < -0.39 is 105 Å². The number of carbonyl (C=O) groups is 2. The third kappa shape index (κ3) is 5.94. The Morgan fingerprint density at radius 2 is 1.79 bits per heavy atom. The normalized spacial score (nSPS) is 41.2. The van der Waals surface area contributed by atoms with E-state index in [4.69, 9.17) is 30.2 Å². The maximum absolute atomic E-state index is 12.3. The van der Waals surface area contributed by atoms with E-state index in [1.54, 1.807) is 0 Å². The van der Waals surface area contributed by atoms with Gasteiger partial charge in [0, 0.05) is 6.42 Å². The number of nitrogens with one attached hydrogen (secondary N) is 1. The van der Waals surface area contributed by atoms with Crippen molar-refractivity contribution >= 4 is 11.9 Å². The lowest BCUT2D eigenvalue weighted by Crippen LogP contribution is -2.67. The van der Waals surface area contributed by atoms with Crippen molar-refractivity contribution in [2.75, 3.05) is 19.8 Å². The van der Waals surface area contributed by atoms with Crippen LogP contribution in [0.4, 0.5) is 0 Å². The number of hydrogen-bond donors (Lipinski definition) is 11. The molecule has 16 nitrogen and oxygen atoms in total. The molecule has 2 rings (SSSR count). The van der Waals surface area contributed by atoms with Crippen LogP contribution in [0.1, 0.15) is 6.42 Å². The zero-order valence-corrected chi connectivity index (χ0v) is 17.2. The van der Waals surface area contributed by atoms with Crippen LogP contribution in [0.25, 0.3) is 0 Å². The first kappa shape index (κ1) is 27.7. The van der Waals surface area contributed by atoms with E-state index in [-0.39, 0.29) is 0 Å². The molecule has 2 heterocycles. The maximum atomic E-state index is 12.3. The van der Waals surface area contributed by atoms with Crippen molar-refractivity contribution < 1.29 is 69.8 Å². The lowest BCUT2D eigenvalue weighted by molar-refractivity contribution is -0.307. The summed E-state index contributed by atoms with van der Waals surface area (Å²) in [5.41, 5.74) is 5.72. The van der Waals surface area contributed by atoms with Crippen LogP contribution < -0.4 is 11.1 Å². The second-order valence-electron chi connectivity index (χ2n) is 7.84. The molecule has 0 aliphatic carbocycles. The van der Waals surface area contributed by atoms with Crippen LogP contribution in [0, 0.1) is 0 Å². The number of nitrogens with two attached hydrogens (primary N) is 1. The molecular formula is C17H30N2O14. The van der Waals surface area contributed by atoms with Gasteiger partial charge in [-0.2, -0.15) is 0 Å². The fourth-order valence-corrected chi connectivity index (χ4v) is 3.56. The van der Waals surface area contributed by atoms with E-state index in [0.29, 0.717) is 0 Å². The third-order valence-electron chi connectivity index (χ3n) is 5.54. The number of carbonyl (C=O) groups excluding carboxylic acids is 1. The van der Waals surface area contributed by atoms with E-state index in [9.17, 15) is 45.3 Å². The topological polar surface area (TPSA) is 282 Å². The molecule has 0 aromatic rings. The van der Waals surface area contributed by atoms with E-state index >= 15 is 0 Å². The second kappa shape index (κ2) is 11.3. The van der Waals surface area contributed by atoms with Gasteiger partial charge in [-0.05, 0) is 0 Å². The first-order valence-electron chi connectivity index (χ1n) is 9.94. The molecule has 0 bridgehead atoms. The molecule has 12 N–H and O–H groups in total. The molecule has 2 fully saturated rings. The molecule has 16 heteroatoms. The number of ether oxygens (including phenoxy) is 3. The predicted octanol–water partition coefficient (Wildman–Crippen LogP) is -7.11. The minimum Gasteiger partial charge on any atom is -0.477 e. The van der Waals surface area contributed by atoms with Crippen molar-refractivity contribution in [1.29, 1.82) is 0 Å². The van der Waals surface area contributed by atoms with Crippen LogP contribution in [-0.2, 0) is 23.8 Å². The molecule has 0 saturated carbocycles. The van der Waals surface area contributed by atoms with E-state index in [1.165, 1.54) is 0 Å². The zero-order valence-electron chi connectivity index (χ0n) is 17.2. The van der Waals surface area contributed by atoms with Gasteiger partial charge in [-0.25, -0.2) is 4.79 Å². The number of aliphatic carboxylic acids is 1. The van der Waals surface area contributed by atoms with E-state index in [2.05, 4.69) is 5.32 Å². The quantitative estimate of drug-likeness (QED) is 0.144. The average molecular weight is 486 g/mol. The molecule has 33 heavy (non-hydrogen) atoms. The Morgan fingerprint density at radius 1 is 1.15 bits per heavy atom. The van der Waals surface area contributed by atoms with Crippen LogP contribution in [0.3, 0.4) is 0 Å². The van der Waals surface area contributed by atoms with Crippen molar-refractivity contribution in [3.63, 3.8) is 0 Å². The number of rotatable bonds is 9. The summed E-state index contributed by atoms with van der Waals surface area (Å²) in [4.78, 5) is 24.2. The fourth-order valence-electron chi connectivity index (χ4n) is 3.56. The van der Waals surface area contributed by atoms with Crippen molar-refractivity contribution in [1.82, 2.24) is 5.32 Å². The van der Waals surface area contributed by atoms with Gasteiger partial charge in [-0.15, -0.1) is 0 Å². The average Bonchev–Trinajstić information content (AvgIpc) is 2.78. The highest BCUT2D eigenvalue weighted by molar-refractivity contribution is 5.79. The van der Waals surface area contributed by atoms with Crippen LogP contribution >= 0.6 is 0 Å². The lowest BCUT2D eigenvalue weighted by atomic mass is 9.89. The molecule has 1 unspecified atom stereocenters. The van der Waals surface area contributed by atoms with E-state index in [1.807, 2.05) is 0 Å². The van der Waals surface area contributed by atoms with Gasteiger partial charge < -0.3 is 71.2 Å². The molecule has 0 aromatic heterocycles. The SMILES string of the molecule is N[C@H]1[C@H]([C@H](O)[C@H](O)CO)O[C@@](OCC(=O)N[C@@H]2C(O)O[C@H](CO)[C@@H](O)[C@@H]2O)(C(=O)O)C[C@@H]1O. The summed E-state index contributed by atoms with van der Waals surface area (Å²) < 4.78 is 15.2. The van der Waals surface area contributed by atoms with E-state index in [0.717, 1.165) is 0 Å². The number of aliphatic hydroxyl groups is 8. The van der Waals surface area contributed by atoms with Gasteiger partial charge in [0.1, 0.15) is 49.3 Å². The summed E-state index contributed by atoms with van der Waals surface area (Å²) in [5.74, 6) is -5.61. The molecule has 11 atom stereocenters. The van der Waals surface area contributed by atoms with Gasteiger partial charge in [0.2, 0.25) is 5.91 Å². The molecule has 0 aromatic carbocycles. The molecule has 192 valence electrons. The Kier molecular flexibility index (Phi) is 9.45. The van der Waals surface area contributed by atoms with Gasteiger partial charge in [0.25, 0.3) is 5.79 Å². The third-order valence-corrected chi connectivity index (χ3v) is 5.54. The number of carboxylic acid groups (broad SMARTS) is 1. The first-order chi connectivity index (χ1) is 15.4. The Bertz CT molecular complexity index is 684. The zero-order chi connectivity index (χ0) is 25.1. The van der Waals surface area contributed by atoms with Crippen molar-refractivity contribution in [3.8, 4) is 0 Å². The predicted molar refractivity (Wildman–Crippen MR) is 101 cm³/mol. The number of hydrogen-bond acceptors (Lipinski definition) is 14. The molecule has 2 saturated heterocycles. The van der Waals surface area contributed by atoms with Crippen molar-refractivity contribution in [3.05, 3.63) is 0 Å². The monoisotopic (exact) mass is 486 g/mol. The van der Waals surface area contributed by atoms with Gasteiger partial charge in [0.05, 0.1) is 25.4 Å². The van der Waals surface area contributed by atoms with Crippen molar-refractivity contribution in [2.45, 2.75) is 73.3 Å². The van der Waals surface area contributed by atoms with Crippen LogP contribution in [0.5, 0.6) is 0 Å².